The van der Waals surface area contributed by atoms with Crippen LogP contribution >= 0.6 is 0 Å². The van der Waals surface area contributed by atoms with Crippen molar-refractivity contribution in [2.75, 3.05) is 0 Å². The van der Waals surface area contributed by atoms with Gasteiger partial charge in [-0.05, 0) is 19.3 Å². The van der Waals surface area contributed by atoms with Crippen LogP contribution in [0.2, 0.25) is 0 Å². The van der Waals surface area contributed by atoms with Gasteiger partial charge >= 0.3 is 0 Å². The maximum absolute atomic E-state index is 12.0. The smallest absolute Gasteiger partial charge is 0.227 e. The first-order chi connectivity index (χ1) is 6.82. The second-order valence-electron chi connectivity index (χ2n) is 4.82. The SMILES string of the molecule is CC[C@@H](C)N(C(=O)C(C)C)C(O)C(C)C. The summed E-state index contributed by atoms with van der Waals surface area (Å²) in [6, 6.07) is 0.0947. The molecule has 0 fully saturated rings. The monoisotopic (exact) mass is 215 g/mol. The molecule has 1 N–H and O–H groups in total. The van der Waals surface area contributed by atoms with Crippen molar-refractivity contribution in [1.82, 2.24) is 4.90 Å². The molecule has 0 bridgehead atoms. The molecular weight excluding hydrogens is 190 g/mol. The van der Waals surface area contributed by atoms with Crippen LogP contribution in [0, 0.1) is 11.8 Å². The molecule has 90 valence electrons. The van der Waals surface area contributed by atoms with Gasteiger partial charge < -0.3 is 10.0 Å². The summed E-state index contributed by atoms with van der Waals surface area (Å²) in [5.41, 5.74) is 0. The first-order valence-corrected chi connectivity index (χ1v) is 5.83. The number of aliphatic hydroxyl groups excluding tert-OH is 1. The Bertz CT molecular complexity index is 202. The quantitative estimate of drug-likeness (QED) is 0.715. The Balaban J connectivity index is 4.80. The maximum Gasteiger partial charge on any atom is 0.227 e. The lowest BCUT2D eigenvalue weighted by molar-refractivity contribution is -0.152. The standard InChI is InChI=1S/C12H25NO2/c1-7-10(6)13(11(14)8(2)3)12(15)9(4)5/h8-11,14H,7H2,1-6H3/t10-,11?/m1/s1. The van der Waals surface area contributed by atoms with E-state index in [4.69, 9.17) is 0 Å². The fourth-order valence-electron chi connectivity index (χ4n) is 1.42. The van der Waals surface area contributed by atoms with Crippen LogP contribution in [-0.4, -0.2) is 28.2 Å². The van der Waals surface area contributed by atoms with Crippen molar-refractivity contribution in [2.24, 2.45) is 11.8 Å². The van der Waals surface area contributed by atoms with Gasteiger partial charge in [0.15, 0.2) is 0 Å². The number of amides is 1. The highest BCUT2D eigenvalue weighted by Gasteiger charge is 2.29. The van der Waals surface area contributed by atoms with E-state index in [2.05, 4.69) is 0 Å². The van der Waals surface area contributed by atoms with Gasteiger partial charge in [-0.2, -0.15) is 0 Å². The second-order valence-corrected chi connectivity index (χ2v) is 4.82. The van der Waals surface area contributed by atoms with Gasteiger partial charge in [0.2, 0.25) is 5.91 Å². The van der Waals surface area contributed by atoms with Crippen molar-refractivity contribution in [1.29, 1.82) is 0 Å². The fraction of sp³-hybridized carbons (Fsp3) is 0.917. The number of aliphatic hydroxyl groups is 1. The summed E-state index contributed by atoms with van der Waals surface area (Å²) < 4.78 is 0. The number of carbonyl (C=O) groups is 1. The van der Waals surface area contributed by atoms with Crippen molar-refractivity contribution in [3.8, 4) is 0 Å². The van der Waals surface area contributed by atoms with Gasteiger partial charge in [-0.15, -0.1) is 0 Å². The van der Waals surface area contributed by atoms with Crippen molar-refractivity contribution in [3.63, 3.8) is 0 Å². The van der Waals surface area contributed by atoms with E-state index >= 15 is 0 Å². The zero-order valence-corrected chi connectivity index (χ0v) is 10.8. The molecule has 15 heavy (non-hydrogen) atoms. The predicted molar refractivity (Wildman–Crippen MR) is 62.3 cm³/mol. The zero-order chi connectivity index (χ0) is 12.2. The van der Waals surface area contributed by atoms with E-state index in [-0.39, 0.29) is 23.8 Å². The molecule has 0 rings (SSSR count). The summed E-state index contributed by atoms with van der Waals surface area (Å²) in [5, 5.41) is 10.0. The van der Waals surface area contributed by atoms with Gasteiger partial charge in [0.05, 0.1) is 0 Å². The summed E-state index contributed by atoms with van der Waals surface area (Å²) in [6.45, 7) is 11.6. The van der Waals surface area contributed by atoms with E-state index in [9.17, 15) is 9.90 Å². The minimum absolute atomic E-state index is 0.0329. The number of hydrogen-bond donors (Lipinski definition) is 1. The van der Waals surface area contributed by atoms with Crippen LogP contribution in [0.3, 0.4) is 0 Å². The summed E-state index contributed by atoms with van der Waals surface area (Å²) in [6.07, 6.45) is 0.192. The van der Waals surface area contributed by atoms with Crippen molar-refractivity contribution in [3.05, 3.63) is 0 Å². The Labute approximate surface area is 93.5 Å². The highest BCUT2D eigenvalue weighted by molar-refractivity contribution is 5.78. The molecule has 0 aromatic carbocycles. The van der Waals surface area contributed by atoms with Crippen LogP contribution in [-0.2, 0) is 4.79 Å². The van der Waals surface area contributed by atoms with E-state index in [1.165, 1.54) is 0 Å². The third kappa shape index (κ3) is 3.82. The molecular formula is C12H25NO2. The van der Waals surface area contributed by atoms with E-state index in [1.54, 1.807) is 4.90 Å². The molecule has 0 spiro atoms. The molecule has 3 nitrogen and oxygen atoms in total. The minimum Gasteiger partial charge on any atom is -0.373 e. The Hall–Kier alpha value is -0.570. The Kier molecular flexibility index (Phi) is 5.88. The van der Waals surface area contributed by atoms with Crippen molar-refractivity contribution in [2.45, 2.75) is 60.2 Å². The maximum atomic E-state index is 12.0. The van der Waals surface area contributed by atoms with E-state index in [0.717, 1.165) is 6.42 Å². The lowest BCUT2D eigenvalue weighted by Gasteiger charge is -2.36. The van der Waals surface area contributed by atoms with Crippen LogP contribution in [0.15, 0.2) is 0 Å². The Morgan fingerprint density at radius 2 is 1.67 bits per heavy atom. The third-order valence-corrected chi connectivity index (χ3v) is 2.70. The summed E-state index contributed by atoms with van der Waals surface area (Å²) in [4.78, 5) is 13.6. The average molecular weight is 215 g/mol. The van der Waals surface area contributed by atoms with Gasteiger partial charge in [-0.3, -0.25) is 4.79 Å². The molecule has 0 aliphatic heterocycles. The largest absolute Gasteiger partial charge is 0.373 e. The number of hydrogen-bond acceptors (Lipinski definition) is 2. The lowest BCUT2D eigenvalue weighted by Crippen LogP contribution is -2.49. The number of nitrogens with zero attached hydrogens (tertiary/aromatic N) is 1. The fourth-order valence-corrected chi connectivity index (χ4v) is 1.42. The molecule has 0 aliphatic rings. The van der Waals surface area contributed by atoms with Gasteiger partial charge in [0.1, 0.15) is 6.23 Å². The molecule has 0 aromatic heterocycles. The topological polar surface area (TPSA) is 40.5 Å². The van der Waals surface area contributed by atoms with Crippen LogP contribution in [0.4, 0.5) is 0 Å². The third-order valence-electron chi connectivity index (χ3n) is 2.70. The van der Waals surface area contributed by atoms with Gasteiger partial charge in [0, 0.05) is 12.0 Å². The molecule has 3 heteroatoms. The normalized spacial score (nSPS) is 15.5. The molecule has 1 unspecified atom stereocenters. The molecule has 2 atom stereocenters. The summed E-state index contributed by atoms with van der Waals surface area (Å²) >= 11 is 0. The molecule has 0 saturated carbocycles. The van der Waals surface area contributed by atoms with Crippen molar-refractivity contribution < 1.29 is 9.90 Å². The molecule has 0 heterocycles. The zero-order valence-electron chi connectivity index (χ0n) is 10.8. The molecule has 0 aromatic rings. The Morgan fingerprint density at radius 3 is 1.93 bits per heavy atom. The van der Waals surface area contributed by atoms with E-state index in [0.29, 0.717) is 0 Å². The van der Waals surface area contributed by atoms with Crippen molar-refractivity contribution >= 4 is 5.91 Å². The van der Waals surface area contributed by atoms with Crippen LogP contribution in [0.25, 0.3) is 0 Å². The van der Waals surface area contributed by atoms with E-state index < -0.39 is 6.23 Å². The number of rotatable bonds is 5. The second kappa shape index (κ2) is 6.11. The van der Waals surface area contributed by atoms with Crippen LogP contribution in [0.5, 0.6) is 0 Å². The van der Waals surface area contributed by atoms with E-state index in [1.807, 2.05) is 41.5 Å². The Morgan fingerprint density at radius 1 is 1.20 bits per heavy atom. The molecule has 1 amide bonds. The predicted octanol–water partition coefficient (Wildman–Crippen LogP) is 2.24. The minimum atomic E-state index is -0.671. The van der Waals surface area contributed by atoms with Gasteiger partial charge in [-0.25, -0.2) is 0 Å². The summed E-state index contributed by atoms with van der Waals surface area (Å²) in [5.74, 6) is 0.0413. The molecule has 0 radical (unpaired) electrons. The molecule has 0 aliphatic carbocycles. The average Bonchev–Trinajstić information content (AvgIpc) is 2.16. The van der Waals surface area contributed by atoms with Crippen LogP contribution in [0.1, 0.15) is 48.0 Å². The van der Waals surface area contributed by atoms with Gasteiger partial charge in [-0.1, -0.05) is 34.6 Å². The number of carbonyl (C=O) groups excluding carboxylic acids is 1. The van der Waals surface area contributed by atoms with Gasteiger partial charge in [0.25, 0.3) is 0 Å². The lowest BCUT2D eigenvalue weighted by atomic mass is 10.1. The highest BCUT2D eigenvalue weighted by atomic mass is 16.3. The first kappa shape index (κ1) is 14.4. The summed E-state index contributed by atoms with van der Waals surface area (Å²) in [7, 11) is 0. The molecule has 0 saturated heterocycles. The van der Waals surface area contributed by atoms with Crippen LogP contribution < -0.4 is 0 Å². The highest BCUT2D eigenvalue weighted by Crippen LogP contribution is 2.17. The first-order valence-electron chi connectivity index (χ1n) is 5.83.